The standard InChI is InChI=1S/C11H20N4O/c1-5-8(6-2)13-11(16)10-9(12)7(3)14-15(10)4/h8H,5-6,12H2,1-4H3,(H,13,16). The van der Waals surface area contributed by atoms with Crippen LogP contribution in [0.4, 0.5) is 5.69 Å². The van der Waals surface area contributed by atoms with Gasteiger partial charge in [0.15, 0.2) is 0 Å². The van der Waals surface area contributed by atoms with Gasteiger partial charge in [-0.2, -0.15) is 5.10 Å². The molecule has 0 aromatic carbocycles. The van der Waals surface area contributed by atoms with E-state index in [9.17, 15) is 4.79 Å². The zero-order valence-corrected chi connectivity index (χ0v) is 10.4. The third-order valence-corrected chi connectivity index (χ3v) is 2.80. The Bertz CT molecular complexity index is 380. The lowest BCUT2D eigenvalue weighted by Gasteiger charge is -2.14. The van der Waals surface area contributed by atoms with E-state index >= 15 is 0 Å². The van der Waals surface area contributed by atoms with Crippen molar-refractivity contribution in [3.05, 3.63) is 11.4 Å². The molecule has 1 heterocycles. The molecule has 5 heteroatoms. The van der Waals surface area contributed by atoms with Crippen molar-refractivity contribution < 1.29 is 4.79 Å². The summed E-state index contributed by atoms with van der Waals surface area (Å²) in [6.45, 7) is 5.89. The van der Waals surface area contributed by atoms with Gasteiger partial charge in [0.1, 0.15) is 5.69 Å². The number of carbonyl (C=O) groups is 1. The maximum atomic E-state index is 12.0. The summed E-state index contributed by atoms with van der Waals surface area (Å²) in [6, 6.07) is 0.196. The number of hydrogen-bond donors (Lipinski definition) is 2. The van der Waals surface area contributed by atoms with Crippen LogP contribution in [0.5, 0.6) is 0 Å². The number of nitrogens with zero attached hydrogens (tertiary/aromatic N) is 2. The van der Waals surface area contributed by atoms with E-state index in [2.05, 4.69) is 10.4 Å². The van der Waals surface area contributed by atoms with Crippen LogP contribution in [0.2, 0.25) is 0 Å². The number of nitrogen functional groups attached to an aromatic ring is 1. The Morgan fingerprint density at radius 1 is 1.50 bits per heavy atom. The van der Waals surface area contributed by atoms with Gasteiger partial charge in [0.05, 0.1) is 11.4 Å². The normalized spacial score (nSPS) is 10.8. The number of aryl methyl sites for hydroxylation is 2. The minimum atomic E-state index is -0.144. The van der Waals surface area contributed by atoms with Crippen LogP contribution in [-0.2, 0) is 7.05 Å². The molecule has 0 bridgehead atoms. The topological polar surface area (TPSA) is 72.9 Å². The lowest BCUT2D eigenvalue weighted by molar-refractivity contribution is 0.0926. The molecule has 0 saturated carbocycles. The van der Waals surface area contributed by atoms with Crippen molar-refractivity contribution in [3.63, 3.8) is 0 Å². The summed E-state index contributed by atoms with van der Waals surface area (Å²) < 4.78 is 1.53. The minimum absolute atomic E-state index is 0.144. The average Bonchev–Trinajstić information content (AvgIpc) is 2.49. The van der Waals surface area contributed by atoms with Gasteiger partial charge in [0.25, 0.3) is 5.91 Å². The lowest BCUT2D eigenvalue weighted by Crippen LogP contribution is -2.35. The Morgan fingerprint density at radius 3 is 2.44 bits per heavy atom. The predicted molar refractivity (Wildman–Crippen MR) is 64.2 cm³/mol. The van der Waals surface area contributed by atoms with Gasteiger partial charge in [0.2, 0.25) is 0 Å². The Hall–Kier alpha value is -1.52. The van der Waals surface area contributed by atoms with Crippen LogP contribution in [-0.4, -0.2) is 21.7 Å². The van der Waals surface area contributed by atoms with Crippen molar-refractivity contribution in [2.45, 2.75) is 39.7 Å². The SMILES string of the molecule is CCC(CC)NC(=O)c1c(N)c(C)nn1C. The number of anilines is 1. The van der Waals surface area contributed by atoms with Gasteiger partial charge < -0.3 is 11.1 Å². The third-order valence-electron chi connectivity index (χ3n) is 2.80. The second-order valence-electron chi connectivity index (χ2n) is 3.96. The Labute approximate surface area is 96.0 Å². The van der Waals surface area contributed by atoms with E-state index in [-0.39, 0.29) is 11.9 Å². The molecule has 0 aliphatic carbocycles. The van der Waals surface area contributed by atoms with Gasteiger partial charge in [-0.3, -0.25) is 9.48 Å². The summed E-state index contributed by atoms with van der Waals surface area (Å²) in [7, 11) is 1.73. The zero-order valence-electron chi connectivity index (χ0n) is 10.4. The van der Waals surface area contributed by atoms with Crippen molar-refractivity contribution >= 4 is 11.6 Å². The summed E-state index contributed by atoms with van der Waals surface area (Å²) in [5, 5.41) is 7.07. The highest BCUT2D eigenvalue weighted by atomic mass is 16.2. The molecule has 0 unspecified atom stereocenters. The molecular weight excluding hydrogens is 204 g/mol. The molecule has 1 rings (SSSR count). The Kier molecular flexibility index (Phi) is 3.93. The quantitative estimate of drug-likeness (QED) is 0.808. The van der Waals surface area contributed by atoms with Crippen LogP contribution >= 0.6 is 0 Å². The third kappa shape index (κ3) is 2.35. The van der Waals surface area contributed by atoms with E-state index in [0.717, 1.165) is 12.8 Å². The van der Waals surface area contributed by atoms with Crippen LogP contribution in [0.1, 0.15) is 42.9 Å². The van der Waals surface area contributed by atoms with Crippen molar-refractivity contribution in [2.75, 3.05) is 5.73 Å². The first-order valence-corrected chi connectivity index (χ1v) is 5.61. The van der Waals surface area contributed by atoms with Crippen LogP contribution in [0, 0.1) is 6.92 Å². The van der Waals surface area contributed by atoms with E-state index in [1.54, 1.807) is 14.0 Å². The summed E-state index contributed by atoms with van der Waals surface area (Å²) >= 11 is 0. The second kappa shape index (κ2) is 5.01. The largest absolute Gasteiger partial charge is 0.395 e. The fraction of sp³-hybridized carbons (Fsp3) is 0.636. The van der Waals surface area contributed by atoms with Crippen LogP contribution < -0.4 is 11.1 Å². The van der Waals surface area contributed by atoms with Gasteiger partial charge in [-0.25, -0.2) is 0 Å². The van der Waals surface area contributed by atoms with Gasteiger partial charge in [0, 0.05) is 13.1 Å². The molecule has 0 aliphatic heterocycles. The molecule has 0 fully saturated rings. The highest BCUT2D eigenvalue weighted by molar-refractivity contribution is 5.98. The highest BCUT2D eigenvalue weighted by Gasteiger charge is 2.19. The predicted octanol–water partition coefficient (Wildman–Crippen LogP) is 1.23. The molecule has 16 heavy (non-hydrogen) atoms. The molecular formula is C11H20N4O. The van der Waals surface area contributed by atoms with Crippen LogP contribution in [0.15, 0.2) is 0 Å². The maximum absolute atomic E-state index is 12.0. The van der Waals surface area contributed by atoms with E-state index in [1.165, 1.54) is 4.68 Å². The molecule has 0 aliphatic rings. The van der Waals surface area contributed by atoms with Crippen molar-refractivity contribution in [1.82, 2.24) is 15.1 Å². The number of rotatable bonds is 4. The monoisotopic (exact) mass is 224 g/mol. The maximum Gasteiger partial charge on any atom is 0.271 e. The first-order chi connectivity index (χ1) is 7.51. The van der Waals surface area contributed by atoms with Gasteiger partial charge in [-0.1, -0.05) is 13.8 Å². The lowest BCUT2D eigenvalue weighted by atomic mass is 10.1. The minimum Gasteiger partial charge on any atom is -0.395 e. The molecule has 5 nitrogen and oxygen atoms in total. The number of nitrogens with two attached hydrogens (primary N) is 1. The number of nitrogens with one attached hydrogen (secondary N) is 1. The number of amides is 1. The summed E-state index contributed by atoms with van der Waals surface area (Å²) in [5.41, 5.74) is 7.42. The number of aromatic nitrogens is 2. The van der Waals surface area contributed by atoms with Gasteiger partial charge >= 0.3 is 0 Å². The van der Waals surface area contributed by atoms with Gasteiger partial charge in [-0.15, -0.1) is 0 Å². The van der Waals surface area contributed by atoms with E-state index in [0.29, 0.717) is 17.1 Å². The van der Waals surface area contributed by atoms with Crippen LogP contribution in [0.3, 0.4) is 0 Å². The molecule has 0 saturated heterocycles. The van der Waals surface area contributed by atoms with E-state index in [4.69, 9.17) is 5.73 Å². The van der Waals surface area contributed by atoms with Gasteiger partial charge in [-0.05, 0) is 19.8 Å². The smallest absolute Gasteiger partial charge is 0.271 e. The first-order valence-electron chi connectivity index (χ1n) is 5.61. The van der Waals surface area contributed by atoms with Crippen molar-refractivity contribution in [2.24, 2.45) is 7.05 Å². The van der Waals surface area contributed by atoms with Crippen molar-refractivity contribution in [3.8, 4) is 0 Å². The fourth-order valence-corrected chi connectivity index (χ4v) is 1.69. The van der Waals surface area contributed by atoms with E-state index < -0.39 is 0 Å². The molecule has 0 radical (unpaired) electrons. The molecule has 0 atom stereocenters. The summed E-state index contributed by atoms with van der Waals surface area (Å²) in [6.07, 6.45) is 1.83. The number of hydrogen-bond acceptors (Lipinski definition) is 3. The van der Waals surface area contributed by atoms with E-state index in [1.807, 2.05) is 13.8 Å². The first kappa shape index (κ1) is 12.5. The molecule has 3 N–H and O–H groups in total. The zero-order chi connectivity index (χ0) is 12.3. The Morgan fingerprint density at radius 2 is 2.06 bits per heavy atom. The van der Waals surface area contributed by atoms with Crippen LogP contribution in [0.25, 0.3) is 0 Å². The molecule has 0 spiro atoms. The number of carbonyl (C=O) groups excluding carboxylic acids is 1. The molecule has 90 valence electrons. The molecule has 1 aromatic rings. The highest BCUT2D eigenvalue weighted by Crippen LogP contribution is 2.15. The molecule has 1 aromatic heterocycles. The van der Waals surface area contributed by atoms with Crippen molar-refractivity contribution in [1.29, 1.82) is 0 Å². The average molecular weight is 224 g/mol. The summed E-state index contributed by atoms with van der Waals surface area (Å²) in [5.74, 6) is -0.144. The Balaban J connectivity index is 2.88. The fourth-order valence-electron chi connectivity index (χ4n) is 1.69. The second-order valence-corrected chi connectivity index (χ2v) is 3.96. The summed E-state index contributed by atoms with van der Waals surface area (Å²) in [4.78, 5) is 12.0. The molecule has 1 amide bonds.